The van der Waals surface area contributed by atoms with Crippen molar-refractivity contribution in [3.05, 3.63) is 47.2 Å². The zero-order valence-electron chi connectivity index (χ0n) is 11.1. The molecule has 0 saturated heterocycles. The van der Waals surface area contributed by atoms with Gasteiger partial charge in [-0.15, -0.1) is 0 Å². The molecule has 94 valence electrons. The van der Waals surface area contributed by atoms with Gasteiger partial charge in [-0.1, -0.05) is 13.0 Å². The molecule has 0 radical (unpaired) electrons. The molecule has 0 bridgehead atoms. The van der Waals surface area contributed by atoms with Gasteiger partial charge in [-0.3, -0.25) is 4.98 Å². The molecule has 0 fully saturated rings. The van der Waals surface area contributed by atoms with E-state index in [2.05, 4.69) is 40.2 Å². The molecule has 1 N–H and O–H groups in total. The number of aromatic nitrogens is 3. The van der Waals surface area contributed by atoms with Crippen molar-refractivity contribution < 1.29 is 0 Å². The van der Waals surface area contributed by atoms with Crippen LogP contribution >= 0.6 is 0 Å². The van der Waals surface area contributed by atoms with E-state index < -0.39 is 0 Å². The smallest absolute Gasteiger partial charge is 0.132 e. The number of pyridine rings is 1. The summed E-state index contributed by atoms with van der Waals surface area (Å²) in [6.45, 7) is 4.12. The second-order valence-corrected chi connectivity index (χ2v) is 4.20. The predicted molar refractivity (Wildman–Crippen MR) is 72.7 cm³/mol. The van der Waals surface area contributed by atoms with Crippen molar-refractivity contribution in [3.63, 3.8) is 0 Å². The van der Waals surface area contributed by atoms with E-state index >= 15 is 0 Å². The van der Waals surface area contributed by atoms with Crippen LogP contribution in [0, 0.1) is 6.92 Å². The molecule has 0 saturated carbocycles. The van der Waals surface area contributed by atoms with Crippen molar-refractivity contribution in [1.82, 2.24) is 15.0 Å². The molecule has 0 unspecified atom stereocenters. The van der Waals surface area contributed by atoms with Crippen molar-refractivity contribution in [1.29, 1.82) is 0 Å². The molecule has 2 aromatic rings. The minimum atomic E-state index is 0.796. The van der Waals surface area contributed by atoms with Crippen LogP contribution in [0.2, 0.25) is 0 Å². The van der Waals surface area contributed by atoms with Gasteiger partial charge in [0.1, 0.15) is 11.6 Å². The van der Waals surface area contributed by atoms with E-state index in [9.17, 15) is 0 Å². The van der Waals surface area contributed by atoms with Gasteiger partial charge < -0.3 is 5.32 Å². The fraction of sp³-hybridized carbons (Fsp3) is 0.357. The lowest BCUT2D eigenvalue weighted by atomic mass is 10.1. The van der Waals surface area contributed by atoms with Crippen LogP contribution < -0.4 is 5.32 Å². The Hall–Kier alpha value is -1.97. The summed E-state index contributed by atoms with van der Waals surface area (Å²) in [6, 6.07) is 4.02. The summed E-state index contributed by atoms with van der Waals surface area (Å²) in [5.74, 6) is 1.80. The number of aryl methyl sites for hydroxylation is 1. The van der Waals surface area contributed by atoms with Gasteiger partial charge in [0.15, 0.2) is 0 Å². The lowest BCUT2D eigenvalue weighted by molar-refractivity contribution is 0.884. The first-order valence-corrected chi connectivity index (χ1v) is 6.17. The summed E-state index contributed by atoms with van der Waals surface area (Å²) >= 11 is 0. The van der Waals surface area contributed by atoms with E-state index in [1.165, 1.54) is 5.56 Å². The molecule has 2 rings (SSSR count). The Kier molecular flexibility index (Phi) is 3.87. The van der Waals surface area contributed by atoms with Gasteiger partial charge in [0.25, 0.3) is 0 Å². The minimum absolute atomic E-state index is 0.796. The zero-order chi connectivity index (χ0) is 13.0. The molecule has 4 nitrogen and oxygen atoms in total. The van der Waals surface area contributed by atoms with Crippen LogP contribution in [0.1, 0.15) is 29.6 Å². The molecular formula is C14H18N4. The standard InChI is InChI=1S/C14H18N4/c1-4-13-17-12(10(2)14(15-3)18-13)8-11-6-5-7-16-9-11/h5-7,9H,4,8H2,1-3H3,(H,15,17,18). The Morgan fingerprint density at radius 2 is 2.11 bits per heavy atom. The van der Waals surface area contributed by atoms with Gasteiger partial charge in [0.2, 0.25) is 0 Å². The molecule has 0 spiro atoms. The van der Waals surface area contributed by atoms with Crippen molar-refractivity contribution in [2.75, 3.05) is 12.4 Å². The Balaban J connectivity index is 2.37. The third-order valence-corrected chi connectivity index (χ3v) is 2.94. The molecule has 2 aromatic heterocycles. The zero-order valence-corrected chi connectivity index (χ0v) is 11.1. The van der Waals surface area contributed by atoms with Crippen LogP contribution in [0.3, 0.4) is 0 Å². The molecule has 0 atom stereocenters. The molecule has 4 heteroatoms. The number of hydrogen-bond donors (Lipinski definition) is 1. The van der Waals surface area contributed by atoms with Crippen LogP contribution in [-0.4, -0.2) is 22.0 Å². The van der Waals surface area contributed by atoms with E-state index in [0.717, 1.165) is 35.7 Å². The van der Waals surface area contributed by atoms with E-state index in [4.69, 9.17) is 0 Å². The summed E-state index contributed by atoms with van der Waals surface area (Å²) in [4.78, 5) is 13.2. The van der Waals surface area contributed by atoms with Crippen molar-refractivity contribution in [3.8, 4) is 0 Å². The quantitative estimate of drug-likeness (QED) is 0.894. The van der Waals surface area contributed by atoms with E-state index in [1.807, 2.05) is 19.3 Å². The average Bonchev–Trinajstić information content (AvgIpc) is 2.42. The van der Waals surface area contributed by atoms with E-state index in [-0.39, 0.29) is 0 Å². The molecule has 0 aliphatic carbocycles. The summed E-state index contributed by atoms with van der Waals surface area (Å²) in [7, 11) is 1.89. The lowest BCUT2D eigenvalue weighted by Crippen LogP contribution is -2.07. The van der Waals surface area contributed by atoms with Gasteiger partial charge in [0, 0.05) is 37.8 Å². The van der Waals surface area contributed by atoms with Gasteiger partial charge in [-0.25, -0.2) is 9.97 Å². The fourth-order valence-corrected chi connectivity index (χ4v) is 1.88. The third-order valence-electron chi connectivity index (χ3n) is 2.94. The topological polar surface area (TPSA) is 50.7 Å². The van der Waals surface area contributed by atoms with Crippen LogP contribution in [0.4, 0.5) is 5.82 Å². The summed E-state index contributed by atoms with van der Waals surface area (Å²) < 4.78 is 0. The van der Waals surface area contributed by atoms with E-state index in [1.54, 1.807) is 6.20 Å². The number of nitrogens with one attached hydrogen (secondary N) is 1. The number of anilines is 1. The predicted octanol–water partition coefficient (Wildman–Crippen LogP) is 2.37. The van der Waals surface area contributed by atoms with Gasteiger partial charge in [0.05, 0.1) is 5.69 Å². The Labute approximate surface area is 108 Å². The molecule has 0 amide bonds. The molecular weight excluding hydrogens is 224 g/mol. The monoisotopic (exact) mass is 242 g/mol. The normalized spacial score (nSPS) is 10.4. The minimum Gasteiger partial charge on any atom is -0.373 e. The maximum Gasteiger partial charge on any atom is 0.132 e. The number of hydrogen-bond acceptors (Lipinski definition) is 4. The van der Waals surface area contributed by atoms with Crippen molar-refractivity contribution >= 4 is 5.82 Å². The molecule has 2 heterocycles. The second kappa shape index (κ2) is 5.58. The highest BCUT2D eigenvalue weighted by Crippen LogP contribution is 2.18. The summed E-state index contributed by atoms with van der Waals surface area (Å²) in [5, 5.41) is 3.13. The summed E-state index contributed by atoms with van der Waals surface area (Å²) in [6.07, 6.45) is 5.30. The first-order chi connectivity index (χ1) is 8.74. The maximum absolute atomic E-state index is 4.62. The Bertz CT molecular complexity index is 523. The second-order valence-electron chi connectivity index (χ2n) is 4.20. The first-order valence-electron chi connectivity index (χ1n) is 6.17. The first kappa shape index (κ1) is 12.5. The molecule has 18 heavy (non-hydrogen) atoms. The molecule has 0 aliphatic heterocycles. The highest BCUT2D eigenvalue weighted by atomic mass is 15.0. The Morgan fingerprint density at radius 3 is 2.72 bits per heavy atom. The molecule has 0 aromatic carbocycles. The molecule has 0 aliphatic rings. The number of rotatable bonds is 4. The Morgan fingerprint density at radius 1 is 1.28 bits per heavy atom. The SMILES string of the molecule is CCc1nc(Cc2cccnc2)c(C)c(NC)n1. The number of nitrogens with zero attached hydrogens (tertiary/aromatic N) is 3. The highest BCUT2D eigenvalue weighted by molar-refractivity contribution is 5.46. The third kappa shape index (κ3) is 2.64. The maximum atomic E-state index is 4.62. The van der Waals surface area contributed by atoms with Crippen LogP contribution in [0.5, 0.6) is 0 Å². The van der Waals surface area contributed by atoms with Gasteiger partial charge >= 0.3 is 0 Å². The van der Waals surface area contributed by atoms with E-state index in [0.29, 0.717) is 0 Å². The van der Waals surface area contributed by atoms with Crippen LogP contribution in [0.25, 0.3) is 0 Å². The van der Waals surface area contributed by atoms with Crippen molar-refractivity contribution in [2.45, 2.75) is 26.7 Å². The highest BCUT2D eigenvalue weighted by Gasteiger charge is 2.09. The van der Waals surface area contributed by atoms with Crippen LogP contribution in [-0.2, 0) is 12.8 Å². The van der Waals surface area contributed by atoms with Gasteiger partial charge in [-0.2, -0.15) is 0 Å². The lowest BCUT2D eigenvalue weighted by Gasteiger charge is -2.11. The summed E-state index contributed by atoms with van der Waals surface area (Å²) in [5.41, 5.74) is 3.35. The van der Waals surface area contributed by atoms with Crippen LogP contribution in [0.15, 0.2) is 24.5 Å². The average molecular weight is 242 g/mol. The fourth-order valence-electron chi connectivity index (χ4n) is 1.88. The van der Waals surface area contributed by atoms with Crippen molar-refractivity contribution in [2.24, 2.45) is 0 Å². The van der Waals surface area contributed by atoms with Gasteiger partial charge in [-0.05, 0) is 18.6 Å². The largest absolute Gasteiger partial charge is 0.373 e.